The normalized spacial score (nSPS) is 15.1. The van der Waals surface area contributed by atoms with E-state index in [1.807, 2.05) is 0 Å². The zero-order valence-electron chi connectivity index (χ0n) is 13.3. The van der Waals surface area contributed by atoms with Crippen LogP contribution in [0.1, 0.15) is 22.3 Å². The predicted molar refractivity (Wildman–Crippen MR) is 95.8 cm³/mol. The van der Waals surface area contributed by atoms with Crippen LogP contribution in [0.3, 0.4) is 0 Å². The second-order valence-corrected chi connectivity index (χ2v) is 7.35. The Labute approximate surface area is 141 Å². The quantitative estimate of drug-likeness (QED) is 0.812. The summed E-state index contributed by atoms with van der Waals surface area (Å²) < 4.78 is 1.18. The van der Waals surface area contributed by atoms with Crippen LogP contribution in [0.15, 0.2) is 46.9 Å². The fourth-order valence-corrected chi connectivity index (χ4v) is 3.58. The molecule has 1 aliphatic heterocycles. The largest absolute Gasteiger partial charge is 0.305 e. The Balaban J connectivity index is 1.69. The van der Waals surface area contributed by atoms with E-state index in [1.54, 1.807) is 0 Å². The highest BCUT2D eigenvalue weighted by molar-refractivity contribution is 9.10. The first-order chi connectivity index (χ1) is 10.6. The number of halogens is 1. The highest BCUT2D eigenvalue weighted by atomic mass is 79.9. The number of fused-ring (bicyclic) bond motifs is 1. The van der Waals surface area contributed by atoms with Crippen LogP contribution in [0.5, 0.6) is 0 Å². The van der Waals surface area contributed by atoms with Gasteiger partial charge >= 0.3 is 0 Å². The van der Waals surface area contributed by atoms with Crippen molar-refractivity contribution in [1.82, 2.24) is 9.80 Å². The zero-order chi connectivity index (χ0) is 15.5. The lowest BCUT2D eigenvalue weighted by atomic mass is 9.99. The monoisotopic (exact) mass is 358 g/mol. The van der Waals surface area contributed by atoms with Gasteiger partial charge in [0, 0.05) is 30.7 Å². The van der Waals surface area contributed by atoms with Gasteiger partial charge in [0.1, 0.15) is 0 Å². The molecule has 116 valence electrons. The van der Waals surface area contributed by atoms with E-state index in [0.29, 0.717) is 0 Å². The number of hydrogen-bond acceptors (Lipinski definition) is 2. The second-order valence-electron chi connectivity index (χ2n) is 6.43. The van der Waals surface area contributed by atoms with Crippen molar-refractivity contribution in [2.75, 3.05) is 20.6 Å². The molecule has 0 aliphatic carbocycles. The Kier molecular flexibility index (Phi) is 4.97. The van der Waals surface area contributed by atoms with E-state index >= 15 is 0 Å². The molecule has 2 aromatic carbocycles. The number of hydrogen-bond donors (Lipinski definition) is 0. The summed E-state index contributed by atoms with van der Waals surface area (Å²) in [5.74, 6) is 0. The molecule has 3 rings (SSSR count). The van der Waals surface area contributed by atoms with Crippen LogP contribution < -0.4 is 0 Å². The molecule has 1 heterocycles. The highest BCUT2D eigenvalue weighted by Crippen LogP contribution is 2.24. The van der Waals surface area contributed by atoms with E-state index in [1.165, 1.54) is 26.7 Å². The summed E-state index contributed by atoms with van der Waals surface area (Å²) in [6, 6.07) is 15.7. The average Bonchev–Trinajstić information content (AvgIpc) is 2.46. The first-order valence-electron chi connectivity index (χ1n) is 7.82. The summed E-state index contributed by atoms with van der Waals surface area (Å²) in [6.45, 7) is 4.23. The zero-order valence-corrected chi connectivity index (χ0v) is 14.9. The molecule has 0 atom stereocenters. The number of rotatable bonds is 4. The van der Waals surface area contributed by atoms with Gasteiger partial charge in [-0.2, -0.15) is 0 Å². The molecule has 0 radical (unpaired) electrons. The lowest BCUT2D eigenvalue weighted by Gasteiger charge is -2.29. The van der Waals surface area contributed by atoms with Gasteiger partial charge in [-0.1, -0.05) is 46.3 Å². The third kappa shape index (κ3) is 3.97. The number of benzene rings is 2. The summed E-state index contributed by atoms with van der Waals surface area (Å²) in [6.07, 6.45) is 1.15. The van der Waals surface area contributed by atoms with Crippen molar-refractivity contribution in [1.29, 1.82) is 0 Å². The lowest BCUT2D eigenvalue weighted by Crippen LogP contribution is -2.30. The summed E-state index contributed by atoms with van der Waals surface area (Å²) in [5.41, 5.74) is 5.77. The van der Waals surface area contributed by atoms with Crippen molar-refractivity contribution in [2.24, 2.45) is 0 Å². The Morgan fingerprint density at radius 2 is 1.86 bits per heavy atom. The third-order valence-electron chi connectivity index (χ3n) is 4.16. The molecular weight excluding hydrogens is 336 g/mol. The van der Waals surface area contributed by atoms with E-state index in [0.717, 1.165) is 32.6 Å². The topological polar surface area (TPSA) is 6.48 Å². The molecule has 22 heavy (non-hydrogen) atoms. The summed E-state index contributed by atoms with van der Waals surface area (Å²) in [7, 11) is 4.23. The third-order valence-corrected chi connectivity index (χ3v) is 4.65. The van der Waals surface area contributed by atoms with Gasteiger partial charge in [0.15, 0.2) is 0 Å². The molecule has 2 aromatic rings. The summed E-state index contributed by atoms with van der Waals surface area (Å²) in [4.78, 5) is 4.76. The van der Waals surface area contributed by atoms with Gasteiger partial charge in [0.2, 0.25) is 0 Å². The Morgan fingerprint density at radius 1 is 1.05 bits per heavy atom. The molecule has 0 spiro atoms. The van der Waals surface area contributed by atoms with Gasteiger partial charge in [-0.25, -0.2) is 0 Å². The van der Waals surface area contributed by atoms with Crippen molar-refractivity contribution in [3.05, 3.63) is 69.2 Å². The maximum Gasteiger partial charge on any atom is 0.0240 e. The fourth-order valence-electron chi connectivity index (χ4n) is 3.17. The van der Waals surface area contributed by atoms with Crippen LogP contribution in [0.25, 0.3) is 0 Å². The van der Waals surface area contributed by atoms with Crippen molar-refractivity contribution in [3.63, 3.8) is 0 Å². The van der Waals surface area contributed by atoms with E-state index in [9.17, 15) is 0 Å². The molecule has 0 saturated carbocycles. The van der Waals surface area contributed by atoms with E-state index in [4.69, 9.17) is 0 Å². The van der Waals surface area contributed by atoms with E-state index < -0.39 is 0 Å². The van der Waals surface area contributed by atoms with Crippen LogP contribution in [0.4, 0.5) is 0 Å². The minimum absolute atomic E-state index is 1.00. The maximum atomic E-state index is 3.59. The molecule has 0 N–H and O–H groups in total. The maximum absolute atomic E-state index is 3.59. The van der Waals surface area contributed by atoms with Crippen molar-refractivity contribution in [3.8, 4) is 0 Å². The van der Waals surface area contributed by atoms with Gasteiger partial charge in [-0.3, -0.25) is 4.90 Å². The van der Waals surface area contributed by atoms with Gasteiger partial charge < -0.3 is 4.90 Å². The molecule has 3 heteroatoms. The second kappa shape index (κ2) is 6.95. The fraction of sp³-hybridized carbons (Fsp3) is 0.368. The van der Waals surface area contributed by atoms with Crippen molar-refractivity contribution < 1.29 is 0 Å². The molecule has 0 fully saturated rings. The predicted octanol–water partition coefficient (Wildman–Crippen LogP) is 4.07. The Bertz CT molecular complexity index is 652. The number of nitrogens with zero attached hydrogens (tertiary/aromatic N) is 2. The van der Waals surface area contributed by atoms with Gasteiger partial charge in [0.05, 0.1) is 0 Å². The smallest absolute Gasteiger partial charge is 0.0240 e. The van der Waals surface area contributed by atoms with Crippen LogP contribution in [0, 0.1) is 0 Å². The van der Waals surface area contributed by atoms with E-state index in [-0.39, 0.29) is 0 Å². The molecule has 0 saturated heterocycles. The highest BCUT2D eigenvalue weighted by Gasteiger charge is 2.16. The molecule has 0 unspecified atom stereocenters. The van der Waals surface area contributed by atoms with Crippen LogP contribution in [-0.2, 0) is 26.1 Å². The van der Waals surface area contributed by atoms with Gasteiger partial charge in [-0.15, -0.1) is 0 Å². The van der Waals surface area contributed by atoms with Crippen LogP contribution in [0.2, 0.25) is 0 Å². The molecule has 0 bridgehead atoms. The summed E-state index contributed by atoms with van der Waals surface area (Å²) in [5, 5.41) is 0. The van der Waals surface area contributed by atoms with E-state index in [2.05, 4.69) is 82.3 Å². The first kappa shape index (κ1) is 15.7. The SMILES string of the molecule is CN(C)Cc1cccc(CN2CCc3ccc(Br)cc3C2)c1. The first-order valence-corrected chi connectivity index (χ1v) is 8.61. The Morgan fingerprint density at radius 3 is 2.68 bits per heavy atom. The van der Waals surface area contributed by atoms with Crippen molar-refractivity contribution >= 4 is 15.9 Å². The van der Waals surface area contributed by atoms with Crippen LogP contribution >= 0.6 is 15.9 Å². The average molecular weight is 359 g/mol. The van der Waals surface area contributed by atoms with Gasteiger partial charge in [-0.05, 0) is 54.9 Å². The molecule has 0 aromatic heterocycles. The Hall–Kier alpha value is -1.16. The van der Waals surface area contributed by atoms with Crippen molar-refractivity contribution in [2.45, 2.75) is 26.1 Å². The van der Waals surface area contributed by atoms with Crippen LogP contribution in [-0.4, -0.2) is 30.4 Å². The molecule has 1 aliphatic rings. The minimum Gasteiger partial charge on any atom is -0.305 e. The van der Waals surface area contributed by atoms with Gasteiger partial charge in [0.25, 0.3) is 0 Å². The minimum atomic E-state index is 1.00. The summed E-state index contributed by atoms with van der Waals surface area (Å²) >= 11 is 3.59. The standard InChI is InChI=1S/C19H23BrN2/c1-21(2)12-15-4-3-5-16(10-15)13-22-9-8-17-6-7-19(20)11-18(17)14-22/h3-7,10-11H,8-9,12-14H2,1-2H3. The molecule has 0 amide bonds. The molecule has 2 nitrogen and oxygen atoms in total. The molecular formula is C19H23BrN2. The lowest BCUT2D eigenvalue weighted by molar-refractivity contribution is 0.245.